The predicted octanol–water partition coefficient (Wildman–Crippen LogP) is 13.5. The molecule has 4 nitrogen and oxygen atoms in total. The summed E-state index contributed by atoms with van der Waals surface area (Å²) in [4.78, 5) is 10.2. The van der Waals surface area contributed by atoms with Crippen LogP contribution in [-0.4, -0.2) is 16.2 Å². The van der Waals surface area contributed by atoms with E-state index >= 15 is 0 Å². The topological polar surface area (TPSA) is 41.7 Å². The molecule has 0 spiro atoms. The molecule has 7 aromatic carbocycles. The van der Waals surface area contributed by atoms with Crippen molar-refractivity contribution >= 4 is 91.7 Å². The SMILES string of the molecule is C1=Cc2c(n(-c3ccc4c(c3)sc3ccc(-c5ccc6c(c5)sc5cccc(C7=NC(c8ccccc8)=NC(c8ccccc8)N7)c56)cc34)c3ccccc23)CC1. The second-order valence-corrected chi connectivity index (χ2v) is 17.0. The number of aromatic nitrogens is 1. The lowest BCUT2D eigenvalue weighted by Crippen LogP contribution is -2.33. The van der Waals surface area contributed by atoms with Crippen LogP contribution in [0.2, 0.25) is 0 Å². The molecule has 0 bridgehead atoms. The van der Waals surface area contributed by atoms with E-state index < -0.39 is 0 Å². The second-order valence-electron chi connectivity index (χ2n) is 14.9. The van der Waals surface area contributed by atoms with Crippen LogP contribution in [0.3, 0.4) is 0 Å². The molecule has 0 amide bonds. The van der Waals surface area contributed by atoms with Crippen molar-refractivity contribution in [2.45, 2.75) is 19.0 Å². The summed E-state index contributed by atoms with van der Waals surface area (Å²) in [5.74, 6) is 1.57. The summed E-state index contributed by atoms with van der Waals surface area (Å²) in [6.07, 6.45) is 6.52. The fourth-order valence-electron chi connectivity index (χ4n) is 8.86. The quantitative estimate of drug-likeness (QED) is 0.186. The highest BCUT2D eigenvalue weighted by Crippen LogP contribution is 2.42. The highest BCUT2D eigenvalue weighted by Gasteiger charge is 2.24. The maximum Gasteiger partial charge on any atom is 0.159 e. The van der Waals surface area contributed by atoms with Gasteiger partial charge in [0.15, 0.2) is 5.84 Å². The first-order chi connectivity index (χ1) is 28.2. The normalized spacial score (nSPS) is 15.3. The van der Waals surface area contributed by atoms with Gasteiger partial charge in [-0.2, -0.15) is 0 Å². The van der Waals surface area contributed by atoms with E-state index in [9.17, 15) is 0 Å². The molecule has 12 rings (SSSR count). The van der Waals surface area contributed by atoms with E-state index in [4.69, 9.17) is 9.98 Å². The average Bonchev–Trinajstić information content (AvgIpc) is 3.95. The van der Waals surface area contributed by atoms with Crippen LogP contribution in [0.15, 0.2) is 174 Å². The number of para-hydroxylation sites is 1. The molecule has 270 valence electrons. The third-order valence-electron chi connectivity index (χ3n) is 11.5. The molecule has 3 aromatic heterocycles. The Morgan fingerprint density at radius 3 is 2.26 bits per heavy atom. The van der Waals surface area contributed by atoms with Crippen LogP contribution >= 0.6 is 22.7 Å². The Labute approximate surface area is 337 Å². The van der Waals surface area contributed by atoms with Crippen molar-refractivity contribution in [1.29, 1.82) is 0 Å². The number of nitrogens with zero attached hydrogens (tertiary/aromatic N) is 3. The zero-order chi connectivity index (χ0) is 37.5. The summed E-state index contributed by atoms with van der Waals surface area (Å²) in [6, 6.07) is 57.1. The molecule has 10 aromatic rings. The fourth-order valence-corrected chi connectivity index (χ4v) is 11.2. The van der Waals surface area contributed by atoms with Crippen LogP contribution in [0.5, 0.6) is 0 Å². The summed E-state index contributed by atoms with van der Waals surface area (Å²) >= 11 is 3.73. The molecule has 0 saturated heterocycles. The Morgan fingerprint density at radius 2 is 1.35 bits per heavy atom. The van der Waals surface area contributed by atoms with E-state index in [0.717, 1.165) is 41.2 Å². The second kappa shape index (κ2) is 13.0. The van der Waals surface area contributed by atoms with Gasteiger partial charge in [0.1, 0.15) is 12.0 Å². The Morgan fingerprint density at radius 1 is 0.579 bits per heavy atom. The van der Waals surface area contributed by atoms with Gasteiger partial charge in [0.2, 0.25) is 0 Å². The van der Waals surface area contributed by atoms with Crippen molar-refractivity contribution in [1.82, 2.24) is 9.88 Å². The Kier molecular flexibility index (Phi) is 7.43. The third kappa shape index (κ3) is 5.32. The van der Waals surface area contributed by atoms with Gasteiger partial charge in [-0.05, 0) is 72.0 Å². The molecular formula is C51H34N4S2. The highest BCUT2D eigenvalue weighted by atomic mass is 32.1. The minimum absolute atomic E-state index is 0.244. The largest absolute Gasteiger partial charge is 0.344 e. The number of amidine groups is 2. The summed E-state index contributed by atoms with van der Waals surface area (Å²) in [7, 11) is 0. The van der Waals surface area contributed by atoms with Crippen LogP contribution in [0.1, 0.15) is 40.5 Å². The molecule has 2 aliphatic rings. The van der Waals surface area contributed by atoms with Crippen LogP contribution in [-0.2, 0) is 6.42 Å². The molecule has 4 heterocycles. The number of hydrogen-bond acceptors (Lipinski definition) is 5. The zero-order valence-electron chi connectivity index (χ0n) is 30.8. The number of nitrogens with one attached hydrogen (secondary N) is 1. The summed E-state index contributed by atoms with van der Waals surface area (Å²) < 4.78 is 7.63. The van der Waals surface area contributed by atoms with Crippen molar-refractivity contribution < 1.29 is 0 Å². The number of benzene rings is 7. The van der Waals surface area contributed by atoms with Crippen molar-refractivity contribution in [2.24, 2.45) is 9.98 Å². The number of rotatable bonds is 5. The van der Waals surface area contributed by atoms with Gasteiger partial charge in [-0.1, -0.05) is 127 Å². The number of allylic oxidation sites excluding steroid dienone is 1. The first-order valence-electron chi connectivity index (χ1n) is 19.5. The van der Waals surface area contributed by atoms with Crippen molar-refractivity contribution in [3.63, 3.8) is 0 Å². The molecule has 57 heavy (non-hydrogen) atoms. The van der Waals surface area contributed by atoms with Crippen molar-refractivity contribution in [3.05, 3.63) is 192 Å². The minimum Gasteiger partial charge on any atom is -0.344 e. The number of thiophene rings is 2. The summed E-state index contributed by atoms with van der Waals surface area (Å²) in [6.45, 7) is 0. The van der Waals surface area contributed by atoms with Gasteiger partial charge in [-0.15, -0.1) is 22.7 Å². The van der Waals surface area contributed by atoms with E-state index in [1.54, 1.807) is 0 Å². The van der Waals surface area contributed by atoms with Gasteiger partial charge >= 0.3 is 0 Å². The fraction of sp³-hybridized carbons (Fsp3) is 0.0588. The minimum atomic E-state index is -0.244. The highest BCUT2D eigenvalue weighted by molar-refractivity contribution is 7.26. The maximum atomic E-state index is 5.16. The standard InChI is InChI=1S/C51H34N4S2/c1-3-12-31(13-4-1)49-52-50(32-14-5-2-6-15-32)54-51(53-49)40-18-11-21-45-48(40)39-25-22-34(29-46(39)57-45)33-23-27-44-41(28-33)38-26-24-35(30-47(38)56-44)55-42-19-9-7-16-36(42)37-17-8-10-20-43(37)55/h1-9,11-19,21-30,49H,10,20H2,(H,52,53,54). The molecular weight excluding hydrogens is 733 g/mol. The number of aliphatic imine (C=N–C) groups is 2. The molecule has 1 unspecified atom stereocenters. The molecule has 1 atom stereocenters. The van der Waals surface area contributed by atoms with E-state index in [-0.39, 0.29) is 6.17 Å². The van der Waals surface area contributed by atoms with Crippen LogP contribution in [0, 0.1) is 0 Å². The van der Waals surface area contributed by atoms with Gasteiger partial charge in [0, 0.05) is 73.8 Å². The molecule has 1 aliphatic heterocycles. The van der Waals surface area contributed by atoms with Gasteiger partial charge < -0.3 is 9.88 Å². The van der Waals surface area contributed by atoms with Gasteiger partial charge in [-0.25, -0.2) is 9.98 Å². The van der Waals surface area contributed by atoms with E-state index in [1.807, 2.05) is 46.9 Å². The van der Waals surface area contributed by atoms with Gasteiger partial charge in [0.25, 0.3) is 0 Å². The van der Waals surface area contributed by atoms with Gasteiger partial charge in [0.05, 0.1) is 5.52 Å². The van der Waals surface area contributed by atoms with Crippen molar-refractivity contribution in [2.75, 3.05) is 0 Å². The molecule has 0 radical (unpaired) electrons. The third-order valence-corrected chi connectivity index (χ3v) is 13.8. The lowest BCUT2D eigenvalue weighted by atomic mass is 9.99. The monoisotopic (exact) mass is 766 g/mol. The van der Waals surface area contributed by atoms with Crippen LogP contribution in [0.25, 0.3) is 74.1 Å². The smallest absolute Gasteiger partial charge is 0.159 e. The molecule has 6 heteroatoms. The van der Waals surface area contributed by atoms with E-state index in [1.165, 1.54) is 79.3 Å². The van der Waals surface area contributed by atoms with Crippen LogP contribution < -0.4 is 5.32 Å². The first-order valence-corrected chi connectivity index (χ1v) is 21.1. The zero-order valence-corrected chi connectivity index (χ0v) is 32.4. The van der Waals surface area contributed by atoms with Crippen LogP contribution in [0.4, 0.5) is 0 Å². The maximum absolute atomic E-state index is 5.16. The summed E-state index contributed by atoms with van der Waals surface area (Å²) in [5, 5.41) is 10.1. The van der Waals surface area contributed by atoms with Crippen molar-refractivity contribution in [3.8, 4) is 16.8 Å². The Balaban J connectivity index is 0.931. The average molecular weight is 767 g/mol. The first kappa shape index (κ1) is 32.6. The molecule has 0 saturated carbocycles. The van der Waals surface area contributed by atoms with E-state index in [2.05, 4.69) is 155 Å². The molecule has 1 N–H and O–H groups in total. The number of hydrogen-bond donors (Lipinski definition) is 1. The Bertz CT molecular complexity index is 3330. The lowest BCUT2D eigenvalue weighted by molar-refractivity contribution is 0.674. The summed E-state index contributed by atoms with van der Waals surface area (Å²) in [5.41, 5.74) is 11.0. The van der Waals surface area contributed by atoms with Gasteiger partial charge in [-0.3, -0.25) is 0 Å². The lowest BCUT2D eigenvalue weighted by Gasteiger charge is -2.24. The predicted molar refractivity (Wildman–Crippen MR) is 244 cm³/mol. The molecule has 0 fully saturated rings. The Hall–Kier alpha value is -6.60. The number of fused-ring (bicyclic) bond motifs is 9. The molecule has 1 aliphatic carbocycles. The van der Waals surface area contributed by atoms with E-state index in [0.29, 0.717) is 0 Å².